The smallest absolute Gasteiger partial charge is 0.165 e. The zero-order valence-electron chi connectivity index (χ0n) is 13.7. The quantitative estimate of drug-likeness (QED) is 0.499. The Bertz CT molecular complexity index is 839. The normalized spacial score (nSPS) is 20.4. The van der Waals surface area contributed by atoms with Crippen LogP contribution in [0.2, 0.25) is 5.15 Å². The molecule has 4 rings (SSSR count). The van der Waals surface area contributed by atoms with Crippen LogP contribution in [-0.4, -0.2) is 38.8 Å². The molecule has 0 amide bonds. The van der Waals surface area contributed by atoms with Crippen molar-refractivity contribution in [3.05, 3.63) is 53.7 Å². The Morgan fingerprint density at radius 1 is 1.20 bits per heavy atom. The van der Waals surface area contributed by atoms with E-state index in [0.717, 1.165) is 25.1 Å². The van der Waals surface area contributed by atoms with Crippen molar-refractivity contribution in [1.82, 2.24) is 19.5 Å². The molecular formula is C18H19ClN4O2. The van der Waals surface area contributed by atoms with Crippen LogP contribution in [0.25, 0.3) is 11.2 Å². The van der Waals surface area contributed by atoms with Crippen LogP contribution in [0.5, 0.6) is 0 Å². The highest BCUT2D eigenvalue weighted by Crippen LogP contribution is 2.31. The van der Waals surface area contributed by atoms with Crippen LogP contribution in [0.15, 0.2) is 43.0 Å². The lowest BCUT2D eigenvalue weighted by Gasteiger charge is -2.20. The number of benzene rings is 1. The number of fused-ring (bicyclic) bond motifs is 1. The van der Waals surface area contributed by atoms with Crippen molar-refractivity contribution in [3.8, 4) is 0 Å². The van der Waals surface area contributed by atoms with Crippen molar-refractivity contribution < 1.29 is 9.47 Å². The first-order chi connectivity index (χ1) is 12.3. The topological polar surface area (TPSA) is 62.1 Å². The van der Waals surface area contributed by atoms with Crippen LogP contribution >= 0.6 is 11.6 Å². The molecule has 3 heterocycles. The summed E-state index contributed by atoms with van der Waals surface area (Å²) in [7, 11) is 0. The van der Waals surface area contributed by atoms with Gasteiger partial charge in [-0.15, -0.1) is 0 Å². The molecule has 130 valence electrons. The maximum absolute atomic E-state index is 6.10. The van der Waals surface area contributed by atoms with E-state index in [1.807, 2.05) is 18.2 Å². The standard InChI is InChI=1S/C18H19ClN4O2/c19-17-16-18(21-11-20-17)23(12-22-16)14-6-9-25-15(14)7-8-24-10-13-4-2-1-3-5-13/h1-5,11-12,14-15H,6-10H2/t14-,15-/m0/s1. The van der Waals surface area contributed by atoms with Crippen molar-refractivity contribution >= 4 is 22.8 Å². The minimum absolute atomic E-state index is 0.0851. The number of nitrogens with zero attached hydrogens (tertiary/aromatic N) is 4. The molecule has 0 aliphatic carbocycles. The van der Waals surface area contributed by atoms with Crippen molar-refractivity contribution in [3.63, 3.8) is 0 Å². The molecule has 2 atom stereocenters. The van der Waals surface area contributed by atoms with Crippen molar-refractivity contribution in [2.45, 2.75) is 31.6 Å². The van der Waals surface area contributed by atoms with Crippen LogP contribution in [0.1, 0.15) is 24.4 Å². The van der Waals surface area contributed by atoms with E-state index in [-0.39, 0.29) is 12.1 Å². The average Bonchev–Trinajstić information content (AvgIpc) is 3.26. The summed E-state index contributed by atoms with van der Waals surface area (Å²) < 4.78 is 13.8. The molecule has 0 N–H and O–H groups in total. The van der Waals surface area contributed by atoms with Gasteiger partial charge in [0, 0.05) is 13.2 Å². The second kappa shape index (κ2) is 7.47. The largest absolute Gasteiger partial charge is 0.377 e. The summed E-state index contributed by atoms with van der Waals surface area (Å²) in [5.41, 5.74) is 2.57. The minimum atomic E-state index is 0.0851. The van der Waals surface area contributed by atoms with Crippen molar-refractivity contribution in [2.75, 3.05) is 13.2 Å². The van der Waals surface area contributed by atoms with E-state index in [4.69, 9.17) is 21.1 Å². The maximum Gasteiger partial charge on any atom is 0.165 e. The third kappa shape index (κ3) is 3.51. The molecule has 1 aliphatic rings. The Labute approximate surface area is 150 Å². The maximum atomic E-state index is 6.10. The van der Waals surface area contributed by atoms with E-state index in [1.54, 1.807) is 6.33 Å². The molecule has 6 nitrogen and oxygen atoms in total. The number of halogens is 1. The predicted molar refractivity (Wildman–Crippen MR) is 94.4 cm³/mol. The lowest BCUT2D eigenvalue weighted by atomic mass is 10.1. The molecule has 0 spiro atoms. The molecule has 1 aliphatic heterocycles. The van der Waals surface area contributed by atoms with Crippen molar-refractivity contribution in [1.29, 1.82) is 0 Å². The van der Waals surface area contributed by atoms with Crippen LogP contribution in [0.3, 0.4) is 0 Å². The number of ether oxygens (including phenoxy) is 2. The first-order valence-corrected chi connectivity index (χ1v) is 8.77. The summed E-state index contributed by atoms with van der Waals surface area (Å²) in [6.45, 7) is 2.00. The minimum Gasteiger partial charge on any atom is -0.377 e. The average molecular weight is 359 g/mol. The van der Waals surface area contributed by atoms with Crippen LogP contribution in [0.4, 0.5) is 0 Å². The van der Waals surface area contributed by atoms with E-state index >= 15 is 0 Å². The molecule has 25 heavy (non-hydrogen) atoms. The van der Waals surface area contributed by atoms with Crippen LogP contribution in [-0.2, 0) is 16.1 Å². The van der Waals surface area contributed by atoms with Gasteiger partial charge in [0.2, 0.25) is 0 Å². The third-order valence-corrected chi connectivity index (χ3v) is 4.78. The lowest BCUT2D eigenvalue weighted by molar-refractivity contribution is 0.0418. The third-order valence-electron chi connectivity index (χ3n) is 4.50. The Morgan fingerprint density at radius 3 is 2.96 bits per heavy atom. The van der Waals surface area contributed by atoms with Gasteiger partial charge in [-0.25, -0.2) is 15.0 Å². The molecular weight excluding hydrogens is 340 g/mol. The number of imidazole rings is 1. The fourth-order valence-corrected chi connectivity index (χ4v) is 3.44. The van der Waals surface area contributed by atoms with Gasteiger partial charge in [-0.1, -0.05) is 41.9 Å². The molecule has 0 radical (unpaired) electrons. The zero-order valence-corrected chi connectivity index (χ0v) is 14.5. The Morgan fingerprint density at radius 2 is 2.08 bits per heavy atom. The first kappa shape index (κ1) is 16.4. The van der Waals surface area contributed by atoms with Crippen LogP contribution in [0, 0.1) is 0 Å². The summed E-state index contributed by atoms with van der Waals surface area (Å²) in [6.07, 6.45) is 5.09. The highest BCUT2D eigenvalue weighted by molar-refractivity contribution is 6.33. The van der Waals surface area contributed by atoms with Gasteiger partial charge in [0.25, 0.3) is 0 Å². The summed E-state index contributed by atoms with van der Waals surface area (Å²) in [4.78, 5) is 12.7. The molecule has 7 heteroatoms. The van der Waals surface area contributed by atoms with E-state index in [0.29, 0.717) is 23.9 Å². The second-order valence-corrected chi connectivity index (χ2v) is 6.44. The van der Waals surface area contributed by atoms with Gasteiger partial charge in [-0.2, -0.15) is 0 Å². The van der Waals surface area contributed by atoms with Gasteiger partial charge >= 0.3 is 0 Å². The van der Waals surface area contributed by atoms with Crippen LogP contribution < -0.4 is 0 Å². The summed E-state index contributed by atoms with van der Waals surface area (Å²) in [5, 5.41) is 0.380. The first-order valence-electron chi connectivity index (χ1n) is 8.39. The van der Waals surface area contributed by atoms with Crippen molar-refractivity contribution in [2.24, 2.45) is 0 Å². The Balaban J connectivity index is 1.39. The molecule has 0 bridgehead atoms. The van der Waals surface area contributed by atoms with E-state index in [2.05, 4.69) is 31.7 Å². The Hall–Kier alpha value is -2.02. The fourth-order valence-electron chi connectivity index (χ4n) is 3.26. The Kier molecular flexibility index (Phi) is 4.92. The number of hydrogen-bond acceptors (Lipinski definition) is 5. The van der Waals surface area contributed by atoms with Gasteiger partial charge in [0.05, 0.1) is 25.1 Å². The monoisotopic (exact) mass is 358 g/mol. The fraction of sp³-hybridized carbons (Fsp3) is 0.389. The number of rotatable bonds is 6. The molecule has 2 aromatic heterocycles. The van der Waals surface area contributed by atoms with E-state index in [9.17, 15) is 0 Å². The summed E-state index contributed by atoms with van der Waals surface area (Å²) >= 11 is 6.10. The zero-order chi connectivity index (χ0) is 17.1. The molecule has 3 aromatic rings. The lowest BCUT2D eigenvalue weighted by Crippen LogP contribution is -2.21. The van der Waals surface area contributed by atoms with E-state index < -0.39 is 0 Å². The second-order valence-electron chi connectivity index (χ2n) is 6.08. The molecule has 0 unspecified atom stereocenters. The number of aromatic nitrogens is 4. The SMILES string of the molecule is Clc1ncnc2c1ncn2[C@H]1CCO[C@H]1CCOCc1ccccc1. The van der Waals surface area contributed by atoms with Gasteiger partial charge < -0.3 is 14.0 Å². The summed E-state index contributed by atoms with van der Waals surface area (Å²) in [5.74, 6) is 0. The van der Waals surface area contributed by atoms with Gasteiger partial charge in [0.15, 0.2) is 10.8 Å². The predicted octanol–water partition coefficient (Wildman–Crippen LogP) is 3.42. The highest BCUT2D eigenvalue weighted by Gasteiger charge is 2.31. The summed E-state index contributed by atoms with van der Waals surface area (Å²) in [6, 6.07) is 10.4. The van der Waals surface area contributed by atoms with E-state index in [1.165, 1.54) is 11.9 Å². The molecule has 1 aromatic carbocycles. The van der Waals surface area contributed by atoms with Gasteiger partial charge in [-0.3, -0.25) is 0 Å². The molecule has 1 fully saturated rings. The highest BCUT2D eigenvalue weighted by atomic mass is 35.5. The molecule has 0 saturated carbocycles. The van der Waals surface area contributed by atoms with Gasteiger partial charge in [-0.05, 0) is 18.4 Å². The number of hydrogen-bond donors (Lipinski definition) is 0. The molecule has 1 saturated heterocycles. The van der Waals surface area contributed by atoms with Gasteiger partial charge in [0.1, 0.15) is 11.8 Å².